The number of para-hydroxylation sites is 2. The molecule has 1 aliphatic rings. The summed E-state index contributed by atoms with van der Waals surface area (Å²) in [6.45, 7) is 9.40. The van der Waals surface area contributed by atoms with Crippen molar-refractivity contribution in [2.75, 3.05) is 39.4 Å². The molecule has 0 fully saturated rings. The molecular formula is C25H35N3O4. The highest BCUT2D eigenvalue weighted by molar-refractivity contribution is 5.78. The minimum atomic E-state index is -0.0340. The van der Waals surface area contributed by atoms with Crippen LogP contribution in [0.3, 0.4) is 0 Å². The Balaban J connectivity index is 1.89. The van der Waals surface area contributed by atoms with Crippen LogP contribution in [-0.2, 0) is 11.3 Å². The van der Waals surface area contributed by atoms with Gasteiger partial charge in [-0.15, -0.1) is 0 Å². The van der Waals surface area contributed by atoms with E-state index in [0.29, 0.717) is 43.6 Å². The number of benzene rings is 1. The van der Waals surface area contributed by atoms with Gasteiger partial charge in [0, 0.05) is 31.4 Å². The monoisotopic (exact) mass is 441 g/mol. The molecule has 0 unspecified atom stereocenters. The van der Waals surface area contributed by atoms with Gasteiger partial charge in [-0.05, 0) is 49.9 Å². The van der Waals surface area contributed by atoms with E-state index in [1.165, 1.54) is 0 Å². The van der Waals surface area contributed by atoms with Crippen molar-refractivity contribution in [3.63, 3.8) is 0 Å². The Labute approximate surface area is 191 Å². The Morgan fingerprint density at radius 1 is 1.22 bits per heavy atom. The Bertz CT molecular complexity index is 887. The van der Waals surface area contributed by atoms with Gasteiger partial charge in [-0.2, -0.15) is 0 Å². The standard InChI is InChI=1S/C25H35N3O4/c1-4-28(15-16-29)23(30)18-27-14-8-12-25(2,3)19-31-21-10-5-6-11-22(21)32-24-20(17-27)9-7-13-26-24/h5-7,9-11,13,29H,4,8,12,14-19H2,1-3H3. The van der Waals surface area contributed by atoms with Crippen molar-refractivity contribution in [2.24, 2.45) is 5.41 Å². The molecule has 0 atom stereocenters. The van der Waals surface area contributed by atoms with E-state index in [1.54, 1.807) is 11.1 Å². The Kier molecular flexibility index (Phi) is 8.47. The third-order valence-electron chi connectivity index (χ3n) is 5.71. The molecule has 0 saturated carbocycles. The number of rotatable bonds is 5. The van der Waals surface area contributed by atoms with Gasteiger partial charge in [-0.3, -0.25) is 9.69 Å². The second-order valence-corrected chi connectivity index (χ2v) is 8.98. The smallest absolute Gasteiger partial charge is 0.236 e. The largest absolute Gasteiger partial charge is 0.489 e. The molecule has 3 rings (SSSR count). The minimum absolute atomic E-state index is 0.0187. The minimum Gasteiger partial charge on any atom is -0.489 e. The predicted molar refractivity (Wildman–Crippen MR) is 124 cm³/mol. The van der Waals surface area contributed by atoms with E-state index in [9.17, 15) is 9.90 Å². The second-order valence-electron chi connectivity index (χ2n) is 8.98. The molecule has 0 saturated heterocycles. The summed E-state index contributed by atoms with van der Waals surface area (Å²) in [7, 11) is 0. The van der Waals surface area contributed by atoms with Crippen molar-refractivity contribution >= 4 is 5.91 Å². The van der Waals surface area contributed by atoms with Gasteiger partial charge in [0.2, 0.25) is 11.8 Å². The van der Waals surface area contributed by atoms with Crippen LogP contribution in [0.15, 0.2) is 42.6 Å². The molecule has 7 nitrogen and oxygen atoms in total. The molecule has 1 amide bonds. The molecule has 2 aromatic rings. The molecule has 0 bridgehead atoms. The van der Waals surface area contributed by atoms with Crippen LogP contribution < -0.4 is 9.47 Å². The predicted octanol–water partition coefficient (Wildman–Crippen LogP) is 3.72. The van der Waals surface area contributed by atoms with Crippen LogP contribution in [0.1, 0.15) is 39.2 Å². The fraction of sp³-hybridized carbons (Fsp3) is 0.520. The number of aromatic nitrogens is 1. The summed E-state index contributed by atoms with van der Waals surface area (Å²) in [5, 5.41) is 9.28. The van der Waals surface area contributed by atoms with E-state index < -0.39 is 0 Å². The number of likely N-dealkylation sites (N-methyl/N-ethyl adjacent to an activating group) is 1. The molecule has 174 valence electrons. The highest BCUT2D eigenvalue weighted by atomic mass is 16.5. The van der Waals surface area contributed by atoms with Crippen LogP contribution >= 0.6 is 0 Å². The van der Waals surface area contributed by atoms with Crippen molar-refractivity contribution in [3.05, 3.63) is 48.2 Å². The lowest BCUT2D eigenvalue weighted by Crippen LogP contribution is -2.41. The first-order chi connectivity index (χ1) is 15.4. The summed E-state index contributed by atoms with van der Waals surface area (Å²) in [6.07, 6.45) is 3.61. The topological polar surface area (TPSA) is 75.1 Å². The SMILES string of the molecule is CCN(CCO)C(=O)CN1CCCC(C)(C)COc2ccccc2Oc2ncccc2C1. The molecular weight excluding hydrogens is 406 g/mol. The summed E-state index contributed by atoms with van der Waals surface area (Å²) in [6, 6.07) is 11.5. The molecule has 7 heteroatoms. The number of aliphatic hydroxyl groups is 1. The lowest BCUT2D eigenvalue weighted by atomic mass is 9.88. The quantitative estimate of drug-likeness (QED) is 0.762. The van der Waals surface area contributed by atoms with Gasteiger partial charge in [-0.25, -0.2) is 4.98 Å². The average molecular weight is 442 g/mol. The maximum atomic E-state index is 12.9. The van der Waals surface area contributed by atoms with Crippen LogP contribution in [0.25, 0.3) is 0 Å². The fourth-order valence-corrected chi connectivity index (χ4v) is 3.85. The Morgan fingerprint density at radius 3 is 2.75 bits per heavy atom. The van der Waals surface area contributed by atoms with E-state index in [-0.39, 0.29) is 24.5 Å². The van der Waals surface area contributed by atoms with E-state index in [1.807, 2.05) is 43.3 Å². The maximum absolute atomic E-state index is 12.9. The van der Waals surface area contributed by atoms with Gasteiger partial charge >= 0.3 is 0 Å². The molecule has 32 heavy (non-hydrogen) atoms. The van der Waals surface area contributed by atoms with Gasteiger partial charge in [0.15, 0.2) is 11.5 Å². The summed E-state index contributed by atoms with van der Waals surface area (Å²) < 4.78 is 12.3. The van der Waals surface area contributed by atoms with Crippen LogP contribution in [-0.4, -0.2) is 65.2 Å². The van der Waals surface area contributed by atoms with Crippen molar-refractivity contribution < 1.29 is 19.4 Å². The van der Waals surface area contributed by atoms with E-state index in [2.05, 4.69) is 23.7 Å². The number of hydrogen-bond donors (Lipinski definition) is 1. The van der Waals surface area contributed by atoms with Crippen molar-refractivity contribution in [1.29, 1.82) is 0 Å². The third-order valence-corrected chi connectivity index (χ3v) is 5.71. The zero-order chi connectivity index (χ0) is 23.0. The number of hydrogen-bond acceptors (Lipinski definition) is 6. The molecule has 2 heterocycles. The summed E-state index contributed by atoms with van der Waals surface area (Å²) in [5.74, 6) is 1.86. The van der Waals surface area contributed by atoms with Gasteiger partial charge in [0.25, 0.3) is 0 Å². The molecule has 0 spiro atoms. The number of carbonyl (C=O) groups excluding carboxylic acids is 1. The number of aliphatic hydroxyl groups excluding tert-OH is 1. The summed E-state index contributed by atoms with van der Waals surface area (Å²) in [4.78, 5) is 21.2. The summed E-state index contributed by atoms with van der Waals surface area (Å²) >= 11 is 0. The zero-order valence-corrected chi connectivity index (χ0v) is 19.4. The Hall–Kier alpha value is -2.64. The molecule has 1 aliphatic heterocycles. The molecule has 1 aromatic carbocycles. The van der Waals surface area contributed by atoms with Gasteiger partial charge < -0.3 is 19.5 Å². The summed E-state index contributed by atoms with van der Waals surface area (Å²) in [5.41, 5.74) is 0.896. The molecule has 0 aliphatic carbocycles. The lowest BCUT2D eigenvalue weighted by molar-refractivity contribution is -0.132. The molecule has 1 aromatic heterocycles. The maximum Gasteiger partial charge on any atom is 0.236 e. The molecule has 1 N–H and O–H groups in total. The van der Waals surface area contributed by atoms with E-state index in [0.717, 1.165) is 24.9 Å². The van der Waals surface area contributed by atoms with Crippen LogP contribution in [0, 0.1) is 5.41 Å². The van der Waals surface area contributed by atoms with Gasteiger partial charge in [-0.1, -0.05) is 32.0 Å². The van der Waals surface area contributed by atoms with Crippen molar-refractivity contribution in [2.45, 2.75) is 40.2 Å². The first kappa shape index (κ1) is 24.0. The lowest BCUT2D eigenvalue weighted by Gasteiger charge is -2.28. The Morgan fingerprint density at radius 2 is 2.00 bits per heavy atom. The first-order valence-electron chi connectivity index (χ1n) is 11.4. The van der Waals surface area contributed by atoms with E-state index in [4.69, 9.17) is 9.47 Å². The van der Waals surface area contributed by atoms with E-state index >= 15 is 0 Å². The van der Waals surface area contributed by atoms with Gasteiger partial charge in [0.1, 0.15) is 0 Å². The number of nitrogens with zero attached hydrogens (tertiary/aromatic N) is 3. The number of fused-ring (bicyclic) bond motifs is 2. The number of pyridine rings is 1. The number of amides is 1. The van der Waals surface area contributed by atoms with Crippen LogP contribution in [0.4, 0.5) is 0 Å². The number of carbonyl (C=O) groups is 1. The fourth-order valence-electron chi connectivity index (χ4n) is 3.85. The second kappa shape index (κ2) is 11.3. The zero-order valence-electron chi connectivity index (χ0n) is 19.4. The first-order valence-corrected chi connectivity index (χ1v) is 11.4. The van der Waals surface area contributed by atoms with Crippen molar-refractivity contribution in [1.82, 2.24) is 14.8 Å². The van der Waals surface area contributed by atoms with Crippen LogP contribution in [0.2, 0.25) is 0 Å². The average Bonchev–Trinajstić information content (AvgIpc) is 2.78. The third kappa shape index (κ3) is 6.68. The van der Waals surface area contributed by atoms with Gasteiger partial charge in [0.05, 0.1) is 19.8 Å². The highest BCUT2D eigenvalue weighted by Crippen LogP contribution is 2.34. The van der Waals surface area contributed by atoms with Crippen molar-refractivity contribution in [3.8, 4) is 17.4 Å². The molecule has 0 radical (unpaired) electrons. The highest BCUT2D eigenvalue weighted by Gasteiger charge is 2.23. The normalized spacial score (nSPS) is 16.8. The van der Waals surface area contributed by atoms with Crippen LogP contribution in [0.5, 0.6) is 17.4 Å². The number of ether oxygens (including phenoxy) is 2.